The summed E-state index contributed by atoms with van der Waals surface area (Å²) < 4.78 is 15.4. The summed E-state index contributed by atoms with van der Waals surface area (Å²) in [7, 11) is 0. The molecule has 38 heavy (non-hydrogen) atoms. The first-order valence-electron chi connectivity index (χ1n) is 11.4. The summed E-state index contributed by atoms with van der Waals surface area (Å²) in [6, 6.07) is 16.1. The minimum Gasteiger partial charge on any atom is -0.325 e. The summed E-state index contributed by atoms with van der Waals surface area (Å²) in [5, 5.41) is 4.35. The third kappa shape index (κ3) is 4.35. The number of aromatic nitrogens is 1. The monoisotopic (exact) mass is 629 g/mol. The van der Waals surface area contributed by atoms with Crippen LogP contribution in [-0.2, 0) is 20.9 Å². The van der Waals surface area contributed by atoms with Crippen LogP contribution < -0.4 is 15.1 Å². The van der Waals surface area contributed by atoms with Gasteiger partial charge in [0.05, 0.1) is 16.6 Å². The molecule has 2 aliphatic heterocycles. The number of carbonyl (C=O) groups is 3. The summed E-state index contributed by atoms with van der Waals surface area (Å²) in [4.78, 5) is 55.8. The van der Waals surface area contributed by atoms with E-state index in [4.69, 9.17) is 0 Å². The second kappa shape index (κ2) is 9.92. The molecule has 2 aromatic carbocycles. The second-order valence-electron chi connectivity index (χ2n) is 8.72. The fourth-order valence-electron chi connectivity index (χ4n) is 4.75. The lowest BCUT2D eigenvalue weighted by molar-refractivity contribution is -0.122. The molecule has 1 fully saturated rings. The number of amides is 3. The number of thioether (sulfide) groups is 1. The molecule has 0 unspecified atom stereocenters. The van der Waals surface area contributed by atoms with E-state index in [1.165, 1.54) is 56.8 Å². The molecule has 2 aliphatic rings. The first-order valence-corrected chi connectivity index (χ1v) is 14.8. The van der Waals surface area contributed by atoms with E-state index < -0.39 is 28.8 Å². The van der Waals surface area contributed by atoms with Crippen molar-refractivity contribution in [3.05, 3.63) is 95.8 Å². The molecule has 3 atom stereocenters. The van der Waals surface area contributed by atoms with Gasteiger partial charge >= 0.3 is 4.87 Å². The number of fused-ring (bicyclic) bond motifs is 2. The Hall–Kier alpha value is -3.06. The minimum absolute atomic E-state index is 0.276. The highest BCUT2D eigenvalue weighted by molar-refractivity contribution is 9.10. The molecule has 0 spiro atoms. The maximum atomic E-state index is 13.8. The Morgan fingerprint density at radius 3 is 2.42 bits per heavy atom. The summed E-state index contributed by atoms with van der Waals surface area (Å²) in [6.07, 6.45) is 0. The Labute approximate surface area is 236 Å². The molecule has 0 saturated carbocycles. The van der Waals surface area contributed by atoms with E-state index in [2.05, 4.69) is 21.2 Å². The number of anilines is 2. The van der Waals surface area contributed by atoms with Crippen molar-refractivity contribution >= 4 is 79.5 Å². The SMILES string of the molecule is O=C(Cn1c2c(sc1=O)[C@@H](c1cccs1)[C@H]1C(=O)N(c3ccc(Br)cc3)C(=O)[C@H]1S2)Nc1ccc(F)cc1. The molecular weight excluding hydrogens is 613 g/mol. The number of hydrogen-bond donors (Lipinski definition) is 1. The Morgan fingerprint density at radius 1 is 1.00 bits per heavy atom. The minimum atomic E-state index is -0.744. The first kappa shape index (κ1) is 25.2. The van der Waals surface area contributed by atoms with Gasteiger partial charge in [0, 0.05) is 25.8 Å². The Bertz CT molecular complexity index is 1620. The molecule has 192 valence electrons. The molecule has 1 N–H and O–H groups in total. The van der Waals surface area contributed by atoms with Crippen LogP contribution in [0.4, 0.5) is 15.8 Å². The van der Waals surface area contributed by atoms with Crippen molar-refractivity contribution in [1.82, 2.24) is 4.57 Å². The lowest BCUT2D eigenvalue weighted by Crippen LogP contribution is -2.32. The first-order chi connectivity index (χ1) is 18.3. The lowest BCUT2D eigenvalue weighted by Gasteiger charge is -2.29. The average molecular weight is 631 g/mol. The zero-order valence-corrected chi connectivity index (χ0v) is 23.3. The van der Waals surface area contributed by atoms with Crippen molar-refractivity contribution in [2.75, 3.05) is 10.2 Å². The molecule has 4 aromatic rings. The molecule has 1 saturated heterocycles. The maximum absolute atomic E-state index is 13.8. The van der Waals surface area contributed by atoms with Gasteiger partial charge in [0.15, 0.2) is 0 Å². The van der Waals surface area contributed by atoms with Crippen LogP contribution in [0.2, 0.25) is 0 Å². The standard InChI is InChI=1S/C26H17BrFN3O4S3/c27-13-3-9-16(10-4-13)31-23(33)20-19(17-2-1-11-36-17)22-25(37-21(20)24(31)34)30(26(35)38-22)12-18(32)29-15-7-5-14(28)6-8-15/h1-11,19-21H,12H2,(H,29,32)/t19-,20+,21-/m0/s1. The Morgan fingerprint density at radius 2 is 1.74 bits per heavy atom. The van der Waals surface area contributed by atoms with Crippen molar-refractivity contribution < 1.29 is 18.8 Å². The van der Waals surface area contributed by atoms with Crippen LogP contribution in [0.3, 0.4) is 0 Å². The topological polar surface area (TPSA) is 88.5 Å². The Balaban J connectivity index is 1.38. The molecule has 7 nitrogen and oxygen atoms in total. The van der Waals surface area contributed by atoms with Crippen LogP contribution in [0, 0.1) is 11.7 Å². The van der Waals surface area contributed by atoms with Crippen molar-refractivity contribution in [2.45, 2.75) is 22.7 Å². The van der Waals surface area contributed by atoms with Crippen LogP contribution in [0.1, 0.15) is 15.7 Å². The summed E-state index contributed by atoms with van der Waals surface area (Å²) in [6.45, 7) is -0.276. The molecule has 0 aliphatic carbocycles. The number of halogens is 2. The van der Waals surface area contributed by atoms with Gasteiger partial charge < -0.3 is 5.32 Å². The number of rotatable bonds is 5. The van der Waals surface area contributed by atoms with Gasteiger partial charge in [-0.1, -0.05) is 45.1 Å². The van der Waals surface area contributed by atoms with Crippen LogP contribution >= 0.6 is 50.4 Å². The van der Waals surface area contributed by atoms with E-state index in [0.717, 1.165) is 20.7 Å². The molecule has 2 aromatic heterocycles. The molecule has 3 amide bonds. The fourth-order valence-corrected chi connectivity index (χ4v) is 8.74. The third-order valence-corrected chi connectivity index (χ3v) is 10.5. The van der Waals surface area contributed by atoms with Gasteiger partial charge in [0.25, 0.3) is 0 Å². The predicted molar refractivity (Wildman–Crippen MR) is 150 cm³/mol. The molecule has 0 radical (unpaired) electrons. The summed E-state index contributed by atoms with van der Waals surface area (Å²) in [5.74, 6) is -2.69. The van der Waals surface area contributed by atoms with Crippen molar-refractivity contribution in [3.63, 3.8) is 0 Å². The summed E-state index contributed by atoms with van der Waals surface area (Å²) in [5.41, 5.74) is 0.891. The third-order valence-electron chi connectivity index (χ3n) is 6.41. The van der Waals surface area contributed by atoms with Crippen molar-refractivity contribution in [1.29, 1.82) is 0 Å². The lowest BCUT2D eigenvalue weighted by atomic mass is 9.87. The number of imide groups is 1. The van der Waals surface area contributed by atoms with Gasteiger partial charge in [0.1, 0.15) is 17.6 Å². The summed E-state index contributed by atoms with van der Waals surface area (Å²) >= 11 is 7.01. The van der Waals surface area contributed by atoms with Gasteiger partial charge in [-0.15, -0.1) is 11.3 Å². The molecule has 4 heterocycles. The number of thiazole rings is 1. The highest BCUT2D eigenvalue weighted by atomic mass is 79.9. The van der Waals surface area contributed by atoms with Gasteiger partial charge in [-0.25, -0.2) is 9.29 Å². The van der Waals surface area contributed by atoms with E-state index in [0.29, 0.717) is 21.3 Å². The van der Waals surface area contributed by atoms with Crippen molar-refractivity contribution in [3.8, 4) is 0 Å². The highest BCUT2D eigenvalue weighted by Crippen LogP contribution is 2.54. The predicted octanol–water partition coefficient (Wildman–Crippen LogP) is 5.31. The van der Waals surface area contributed by atoms with Gasteiger partial charge in [0.2, 0.25) is 17.7 Å². The smallest absolute Gasteiger partial charge is 0.308 e. The van der Waals surface area contributed by atoms with Crippen LogP contribution in [0.15, 0.2) is 80.3 Å². The van der Waals surface area contributed by atoms with Gasteiger partial charge in [-0.3, -0.25) is 23.7 Å². The normalized spacial score (nSPS) is 20.4. The van der Waals surface area contributed by atoms with E-state index in [1.54, 1.807) is 24.3 Å². The molecular formula is C26H17BrFN3O4S3. The quantitative estimate of drug-likeness (QED) is 0.302. The van der Waals surface area contributed by atoms with E-state index in [9.17, 15) is 23.6 Å². The zero-order valence-electron chi connectivity index (χ0n) is 19.3. The number of benzene rings is 2. The fraction of sp³-hybridized carbons (Fsp3) is 0.154. The maximum Gasteiger partial charge on any atom is 0.308 e. The van der Waals surface area contributed by atoms with Gasteiger partial charge in [-0.05, 0) is 60.0 Å². The van der Waals surface area contributed by atoms with Crippen molar-refractivity contribution in [2.24, 2.45) is 5.92 Å². The number of hydrogen-bond acceptors (Lipinski definition) is 7. The Kier molecular flexibility index (Phi) is 6.58. The molecule has 12 heteroatoms. The van der Waals surface area contributed by atoms with Crippen LogP contribution in [-0.4, -0.2) is 27.5 Å². The largest absolute Gasteiger partial charge is 0.325 e. The molecule has 0 bridgehead atoms. The highest BCUT2D eigenvalue weighted by Gasteiger charge is 2.57. The van der Waals surface area contributed by atoms with E-state index >= 15 is 0 Å². The number of carbonyl (C=O) groups excluding carboxylic acids is 3. The second-order valence-corrected chi connectivity index (χ2v) is 12.7. The number of nitrogens with zero attached hydrogens (tertiary/aromatic N) is 2. The van der Waals surface area contributed by atoms with Crippen LogP contribution in [0.5, 0.6) is 0 Å². The zero-order chi connectivity index (χ0) is 26.6. The van der Waals surface area contributed by atoms with Gasteiger partial charge in [-0.2, -0.15) is 0 Å². The van der Waals surface area contributed by atoms with Crippen LogP contribution in [0.25, 0.3) is 0 Å². The van der Waals surface area contributed by atoms with E-state index in [1.807, 2.05) is 17.5 Å². The molecule has 6 rings (SSSR count). The van der Waals surface area contributed by atoms with E-state index in [-0.39, 0.29) is 23.2 Å². The number of nitrogens with one attached hydrogen (secondary N) is 1. The number of thiophene rings is 1. The average Bonchev–Trinajstić information content (AvgIpc) is 3.59.